The van der Waals surface area contributed by atoms with Crippen molar-refractivity contribution < 1.29 is 5.21 Å². The van der Waals surface area contributed by atoms with Gasteiger partial charge in [-0.15, -0.1) is 0 Å². The molecule has 2 rings (SSSR count). The van der Waals surface area contributed by atoms with Crippen LogP contribution in [0.25, 0.3) is 0 Å². The zero-order valence-electron chi connectivity index (χ0n) is 8.13. The minimum absolute atomic E-state index is 0.369. The average Bonchev–Trinajstić information content (AvgIpc) is 2.74. The van der Waals surface area contributed by atoms with Crippen molar-refractivity contribution in [2.75, 3.05) is 0 Å². The average molecular weight is 193 g/mol. The number of rotatable bonds is 1. The van der Waals surface area contributed by atoms with Crippen LogP contribution in [-0.4, -0.2) is 20.8 Å². The van der Waals surface area contributed by atoms with E-state index in [4.69, 9.17) is 5.21 Å². The minimum atomic E-state index is 0.369. The molecule has 0 saturated heterocycles. The second-order valence-corrected chi connectivity index (χ2v) is 3.74. The van der Waals surface area contributed by atoms with E-state index in [-0.39, 0.29) is 0 Å². The van der Waals surface area contributed by atoms with Crippen LogP contribution in [0.1, 0.15) is 32.1 Å². The normalized spacial score (nSPS) is 19.9. The maximum absolute atomic E-state index is 8.98. The van der Waals surface area contributed by atoms with E-state index in [9.17, 15) is 0 Å². The molecule has 14 heavy (non-hydrogen) atoms. The molecule has 1 aliphatic rings. The highest BCUT2D eigenvalue weighted by Crippen LogP contribution is 2.25. The van der Waals surface area contributed by atoms with E-state index in [0.717, 1.165) is 12.8 Å². The molecule has 1 saturated carbocycles. The Labute approximate surface area is 83.2 Å². The molecule has 1 aromatic heterocycles. The Hall–Kier alpha value is -1.32. The molecule has 0 atom stereocenters. The summed E-state index contributed by atoms with van der Waals surface area (Å²) in [4.78, 5) is 0. The third-order valence-corrected chi connectivity index (χ3v) is 2.81. The molecule has 1 fully saturated rings. The van der Waals surface area contributed by atoms with Crippen molar-refractivity contribution in [3.63, 3.8) is 0 Å². The summed E-state index contributed by atoms with van der Waals surface area (Å²) >= 11 is 0. The molecule has 0 radical (unpaired) electrons. The van der Waals surface area contributed by atoms with Crippen molar-refractivity contribution in [3.8, 4) is 0 Å². The molecule has 0 unspecified atom stereocenters. The number of oxime groups is 1. The highest BCUT2D eigenvalue weighted by atomic mass is 16.4. The van der Waals surface area contributed by atoms with Crippen molar-refractivity contribution in [2.45, 2.75) is 32.1 Å². The molecule has 1 N–H and O–H groups in total. The number of aromatic nitrogens is 2. The van der Waals surface area contributed by atoms with Crippen molar-refractivity contribution in [1.82, 2.24) is 9.78 Å². The lowest BCUT2D eigenvalue weighted by Gasteiger charge is -2.21. The monoisotopic (exact) mass is 193 g/mol. The molecule has 4 heteroatoms. The standard InChI is InChI=1S/C10H15N3O/c14-12-10(13-8-4-7-11-13)9-5-2-1-3-6-9/h4,7-9,14H,1-3,5-6H2/b12-10-. The molecule has 1 heterocycles. The molecule has 0 amide bonds. The van der Waals surface area contributed by atoms with Gasteiger partial charge in [0.2, 0.25) is 0 Å². The van der Waals surface area contributed by atoms with Crippen molar-refractivity contribution in [3.05, 3.63) is 18.5 Å². The number of hydrogen-bond acceptors (Lipinski definition) is 3. The van der Waals surface area contributed by atoms with Gasteiger partial charge in [0, 0.05) is 18.3 Å². The van der Waals surface area contributed by atoms with Gasteiger partial charge in [-0.2, -0.15) is 5.10 Å². The fourth-order valence-corrected chi connectivity index (χ4v) is 2.08. The van der Waals surface area contributed by atoms with E-state index in [0.29, 0.717) is 11.8 Å². The van der Waals surface area contributed by atoms with Crippen molar-refractivity contribution in [1.29, 1.82) is 0 Å². The molecule has 0 bridgehead atoms. The van der Waals surface area contributed by atoms with E-state index in [1.807, 2.05) is 12.3 Å². The Morgan fingerprint density at radius 3 is 2.71 bits per heavy atom. The van der Waals surface area contributed by atoms with E-state index < -0.39 is 0 Å². The Kier molecular flexibility index (Phi) is 2.81. The lowest BCUT2D eigenvalue weighted by atomic mass is 9.88. The molecule has 0 spiro atoms. The zero-order chi connectivity index (χ0) is 9.80. The molecule has 0 aliphatic heterocycles. The minimum Gasteiger partial charge on any atom is -0.409 e. The molecule has 1 aromatic rings. The van der Waals surface area contributed by atoms with E-state index >= 15 is 0 Å². The van der Waals surface area contributed by atoms with Gasteiger partial charge in [-0.1, -0.05) is 24.4 Å². The highest BCUT2D eigenvalue weighted by Gasteiger charge is 2.21. The van der Waals surface area contributed by atoms with Crippen LogP contribution in [-0.2, 0) is 0 Å². The second kappa shape index (κ2) is 4.26. The van der Waals surface area contributed by atoms with Crippen LogP contribution in [0.4, 0.5) is 0 Å². The Balaban J connectivity index is 2.13. The van der Waals surface area contributed by atoms with E-state index in [2.05, 4.69) is 10.3 Å². The lowest BCUT2D eigenvalue weighted by molar-refractivity contribution is 0.305. The van der Waals surface area contributed by atoms with Crippen LogP contribution >= 0.6 is 0 Å². The third kappa shape index (κ3) is 1.78. The molecular weight excluding hydrogens is 178 g/mol. The predicted molar refractivity (Wildman–Crippen MR) is 53.4 cm³/mol. The maximum Gasteiger partial charge on any atom is 0.171 e. The highest BCUT2D eigenvalue weighted by molar-refractivity contribution is 5.85. The van der Waals surface area contributed by atoms with E-state index in [1.165, 1.54) is 19.3 Å². The SMILES string of the molecule is O/N=C(/C1CCCCC1)n1cccn1. The van der Waals surface area contributed by atoms with Gasteiger partial charge in [0.05, 0.1) is 0 Å². The topological polar surface area (TPSA) is 50.4 Å². The van der Waals surface area contributed by atoms with Gasteiger partial charge in [0.1, 0.15) is 0 Å². The van der Waals surface area contributed by atoms with Gasteiger partial charge in [-0.3, -0.25) is 0 Å². The fraction of sp³-hybridized carbons (Fsp3) is 0.600. The summed E-state index contributed by atoms with van der Waals surface area (Å²) in [5.74, 6) is 1.06. The van der Waals surface area contributed by atoms with E-state index in [1.54, 1.807) is 10.9 Å². The molecule has 4 nitrogen and oxygen atoms in total. The molecular formula is C10H15N3O. The lowest BCUT2D eigenvalue weighted by Crippen LogP contribution is -2.25. The summed E-state index contributed by atoms with van der Waals surface area (Å²) in [6.45, 7) is 0. The van der Waals surface area contributed by atoms with Gasteiger partial charge in [0.25, 0.3) is 0 Å². The van der Waals surface area contributed by atoms with Crippen LogP contribution in [0.2, 0.25) is 0 Å². The van der Waals surface area contributed by atoms with Crippen LogP contribution in [0.15, 0.2) is 23.6 Å². The Morgan fingerprint density at radius 2 is 2.14 bits per heavy atom. The van der Waals surface area contributed by atoms with Crippen molar-refractivity contribution in [2.24, 2.45) is 11.1 Å². The summed E-state index contributed by atoms with van der Waals surface area (Å²) in [5.41, 5.74) is 0. The van der Waals surface area contributed by atoms with Crippen LogP contribution in [0.3, 0.4) is 0 Å². The second-order valence-electron chi connectivity index (χ2n) is 3.74. The number of hydrogen-bond donors (Lipinski definition) is 1. The first-order valence-corrected chi connectivity index (χ1v) is 5.14. The molecule has 76 valence electrons. The van der Waals surface area contributed by atoms with Gasteiger partial charge in [-0.05, 0) is 18.9 Å². The number of nitrogens with zero attached hydrogens (tertiary/aromatic N) is 3. The van der Waals surface area contributed by atoms with Gasteiger partial charge < -0.3 is 5.21 Å². The maximum atomic E-state index is 8.98. The largest absolute Gasteiger partial charge is 0.409 e. The summed E-state index contributed by atoms with van der Waals surface area (Å²) in [6, 6.07) is 1.84. The third-order valence-electron chi connectivity index (χ3n) is 2.81. The Morgan fingerprint density at radius 1 is 1.36 bits per heavy atom. The van der Waals surface area contributed by atoms with Crippen molar-refractivity contribution >= 4 is 5.84 Å². The first kappa shape index (κ1) is 9.24. The first-order valence-electron chi connectivity index (χ1n) is 5.14. The Bertz CT molecular complexity index is 299. The molecule has 0 aromatic carbocycles. The summed E-state index contributed by atoms with van der Waals surface area (Å²) < 4.78 is 1.66. The zero-order valence-corrected chi connectivity index (χ0v) is 8.13. The predicted octanol–water partition coefficient (Wildman–Crippen LogP) is 2.10. The quantitative estimate of drug-likeness (QED) is 0.321. The van der Waals surface area contributed by atoms with Crippen LogP contribution in [0, 0.1) is 5.92 Å². The smallest absolute Gasteiger partial charge is 0.171 e. The van der Waals surface area contributed by atoms with Gasteiger partial charge >= 0.3 is 0 Å². The molecule has 1 aliphatic carbocycles. The van der Waals surface area contributed by atoms with Crippen LogP contribution in [0.5, 0.6) is 0 Å². The summed E-state index contributed by atoms with van der Waals surface area (Å²) in [7, 11) is 0. The summed E-state index contributed by atoms with van der Waals surface area (Å²) in [5, 5.41) is 16.4. The first-order chi connectivity index (χ1) is 6.92. The van der Waals surface area contributed by atoms with Gasteiger partial charge in [0.15, 0.2) is 5.84 Å². The van der Waals surface area contributed by atoms with Crippen LogP contribution < -0.4 is 0 Å². The fourth-order valence-electron chi connectivity index (χ4n) is 2.08. The summed E-state index contributed by atoms with van der Waals surface area (Å²) in [6.07, 6.45) is 9.50. The van der Waals surface area contributed by atoms with Gasteiger partial charge in [-0.25, -0.2) is 4.68 Å².